The number of hydrogen-bond acceptors (Lipinski definition) is 12. The molecular formula is C47H64F3N11O3. The molecule has 17 heteroatoms. The van der Waals surface area contributed by atoms with Gasteiger partial charge in [0.05, 0.1) is 17.3 Å². The van der Waals surface area contributed by atoms with E-state index >= 15 is 0 Å². The normalized spacial score (nSPS) is 18.0. The summed E-state index contributed by atoms with van der Waals surface area (Å²) in [5.74, 6) is 1.30. The fourth-order valence-corrected chi connectivity index (χ4v) is 8.72. The molecule has 1 amide bonds. The topological polar surface area (TPSA) is 125 Å². The van der Waals surface area contributed by atoms with E-state index < -0.39 is 17.8 Å². The molecule has 2 aromatic carbocycles. The Bertz CT molecular complexity index is 2140. The second-order valence-electron chi connectivity index (χ2n) is 17.3. The number of piperazine rings is 1. The van der Waals surface area contributed by atoms with E-state index in [9.17, 15) is 27.6 Å². The lowest BCUT2D eigenvalue weighted by Crippen LogP contribution is -2.49. The Morgan fingerprint density at radius 3 is 2.44 bits per heavy atom. The number of aldehydes is 2. The van der Waals surface area contributed by atoms with Crippen LogP contribution in [-0.4, -0.2) is 159 Å². The summed E-state index contributed by atoms with van der Waals surface area (Å²) < 4.78 is 45.3. The monoisotopic (exact) mass is 888 g/mol. The number of carbonyl (C=O) groups is 3. The first-order chi connectivity index (χ1) is 30.7. The van der Waals surface area contributed by atoms with Crippen molar-refractivity contribution >= 4 is 29.9 Å². The van der Waals surface area contributed by atoms with Gasteiger partial charge in [0.1, 0.15) is 24.7 Å². The van der Waals surface area contributed by atoms with E-state index in [1.807, 2.05) is 60.0 Å². The molecule has 0 bridgehead atoms. The molecule has 1 aromatic heterocycles. The minimum Gasteiger partial charge on any atom is -0.369 e. The molecule has 64 heavy (non-hydrogen) atoms. The molecule has 0 aliphatic carbocycles. The molecule has 1 unspecified atom stereocenters. The van der Waals surface area contributed by atoms with Crippen molar-refractivity contribution in [2.45, 2.75) is 50.9 Å². The van der Waals surface area contributed by atoms with Crippen LogP contribution in [0.2, 0.25) is 0 Å². The van der Waals surface area contributed by atoms with E-state index in [4.69, 9.17) is 0 Å². The van der Waals surface area contributed by atoms with Gasteiger partial charge in [-0.25, -0.2) is 0 Å². The van der Waals surface area contributed by atoms with Gasteiger partial charge in [-0.1, -0.05) is 12.1 Å². The molecule has 1 atom stereocenters. The molecule has 14 nitrogen and oxygen atoms in total. The van der Waals surface area contributed by atoms with Crippen molar-refractivity contribution in [1.82, 2.24) is 45.0 Å². The van der Waals surface area contributed by atoms with Crippen LogP contribution in [0.3, 0.4) is 0 Å². The van der Waals surface area contributed by atoms with Crippen molar-refractivity contribution in [3.8, 4) is 0 Å². The van der Waals surface area contributed by atoms with E-state index in [1.165, 1.54) is 12.3 Å². The van der Waals surface area contributed by atoms with Gasteiger partial charge in [-0.05, 0) is 98.4 Å². The Morgan fingerprint density at radius 1 is 1.00 bits per heavy atom. The molecule has 2 N–H and O–H groups in total. The van der Waals surface area contributed by atoms with Gasteiger partial charge >= 0.3 is 6.18 Å². The number of rotatable bonds is 20. The van der Waals surface area contributed by atoms with E-state index in [-0.39, 0.29) is 18.0 Å². The van der Waals surface area contributed by atoms with Crippen LogP contribution >= 0.6 is 0 Å². The number of anilines is 2. The van der Waals surface area contributed by atoms with Crippen molar-refractivity contribution < 1.29 is 27.6 Å². The fraction of sp³-hybridized carbons (Fsp3) is 0.511. The second kappa shape index (κ2) is 22.5. The van der Waals surface area contributed by atoms with Gasteiger partial charge in [0.15, 0.2) is 0 Å². The Kier molecular flexibility index (Phi) is 16.9. The van der Waals surface area contributed by atoms with Crippen molar-refractivity contribution in [3.05, 3.63) is 107 Å². The van der Waals surface area contributed by atoms with Gasteiger partial charge in [-0.15, -0.1) is 10.2 Å². The highest BCUT2D eigenvalue weighted by Gasteiger charge is 2.39. The molecule has 346 valence electrons. The van der Waals surface area contributed by atoms with Crippen molar-refractivity contribution in [3.63, 3.8) is 0 Å². The predicted octanol–water partition coefficient (Wildman–Crippen LogP) is 4.46. The summed E-state index contributed by atoms with van der Waals surface area (Å²) in [4.78, 5) is 48.0. The molecule has 2 saturated heterocycles. The van der Waals surface area contributed by atoms with E-state index in [0.29, 0.717) is 49.5 Å². The first-order valence-electron chi connectivity index (χ1n) is 22.2. The Balaban J connectivity index is 0.920. The molecule has 0 radical (unpaired) electrons. The first kappa shape index (κ1) is 48.1. The van der Waals surface area contributed by atoms with Crippen molar-refractivity contribution in [2.75, 3.05) is 103 Å². The van der Waals surface area contributed by atoms with Crippen LogP contribution in [-0.2, 0) is 29.6 Å². The molecule has 4 heterocycles. The third-order valence-electron chi connectivity index (χ3n) is 12.7. The zero-order valence-corrected chi connectivity index (χ0v) is 37.9. The molecule has 3 aromatic rings. The van der Waals surface area contributed by atoms with Gasteiger partial charge in [-0.3, -0.25) is 19.4 Å². The molecule has 0 saturated carbocycles. The lowest BCUT2D eigenvalue weighted by Gasteiger charge is -2.40. The van der Waals surface area contributed by atoms with Gasteiger partial charge in [0, 0.05) is 129 Å². The largest absolute Gasteiger partial charge is 0.418 e. The molecular weight excluding hydrogens is 824 g/mol. The van der Waals surface area contributed by atoms with Crippen LogP contribution in [0.1, 0.15) is 53.0 Å². The highest BCUT2D eigenvalue weighted by atomic mass is 19.4. The highest BCUT2D eigenvalue weighted by Crippen LogP contribution is 2.37. The lowest BCUT2D eigenvalue weighted by atomic mass is 9.96. The zero-order chi connectivity index (χ0) is 45.8. The number of likely N-dealkylation sites (N-methyl/N-ethyl adjacent to an activating group) is 2. The Labute approximate surface area is 375 Å². The maximum absolute atomic E-state index is 14.5. The number of nitrogens with one attached hydrogen (secondary N) is 2. The average molecular weight is 888 g/mol. The standard InChI is InChI=1S/C47H64F3N11O3/c1-51-46(64)12-11-42(33-63)55(2)30-39-26-41(10-9-38(39)32-62)61-21-19-60(20-22-61)29-35-13-16-59(17-14-35)18-15-52-27-37-24-43(47(48,49)50)44(57(4)28-37)31-56(3)40-8-6-7-36(23-40)25-45-54-53-34-58(45)5/h6-10,23-24,26,28,31-35,42,52H,11-22,25,27,29-30H2,1-5H3,(H,51,64)/b44-31-. The summed E-state index contributed by atoms with van der Waals surface area (Å²) in [6.07, 6.45) is 6.83. The molecule has 0 spiro atoms. The lowest BCUT2D eigenvalue weighted by molar-refractivity contribution is -0.121. The summed E-state index contributed by atoms with van der Waals surface area (Å²) in [5.41, 5.74) is 4.23. The summed E-state index contributed by atoms with van der Waals surface area (Å²) in [6, 6.07) is 13.2. The summed E-state index contributed by atoms with van der Waals surface area (Å²) >= 11 is 0. The number of likely N-dealkylation sites (tertiary alicyclic amines) is 1. The predicted molar refractivity (Wildman–Crippen MR) is 244 cm³/mol. The second-order valence-corrected chi connectivity index (χ2v) is 17.3. The van der Waals surface area contributed by atoms with Crippen LogP contribution < -0.4 is 20.4 Å². The van der Waals surface area contributed by atoms with Crippen LogP contribution in [0, 0.1) is 5.92 Å². The number of aryl methyl sites for hydroxylation is 1. The van der Waals surface area contributed by atoms with E-state index in [0.717, 1.165) is 106 Å². The van der Waals surface area contributed by atoms with Crippen molar-refractivity contribution in [2.24, 2.45) is 13.0 Å². The zero-order valence-electron chi connectivity index (χ0n) is 37.9. The number of amides is 1. The number of carbonyl (C=O) groups excluding carboxylic acids is 3. The number of nitrogens with zero attached hydrogens (tertiary/aromatic N) is 9. The molecule has 3 aliphatic rings. The quantitative estimate of drug-likeness (QED) is 0.123. The third kappa shape index (κ3) is 13.1. The van der Waals surface area contributed by atoms with Crippen LogP contribution in [0.15, 0.2) is 84.1 Å². The molecule has 2 fully saturated rings. The maximum atomic E-state index is 14.5. The van der Waals surface area contributed by atoms with Gasteiger partial charge in [-0.2, -0.15) is 13.2 Å². The molecule has 3 aliphatic heterocycles. The minimum atomic E-state index is -4.53. The smallest absolute Gasteiger partial charge is 0.369 e. The van der Waals surface area contributed by atoms with Crippen LogP contribution in [0.4, 0.5) is 24.5 Å². The number of benzene rings is 2. The van der Waals surface area contributed by atoms with Gasteiger partial charge in [0.25, 0.3) is 0 Å². The number of piperidine rings is 1. The summed E-state index contributed by atoms with van der Waals surface area (Å²) in [7, 11) is 8.71. The number of alkyl halides is 3. The number of hydrogen-bond donors (Lipinski definition) is 2. The van der Waals surface area contributed by atoms with Crippen molar-refractivity contribution in [1.29, 1.82) is 0 Å². The highest BCUT2D eigenvalue weighted by molar-refractivity contribution is 5.79. The summed E-state index contributed by atoms with van der Waals surface area (Å²) in [6.45, 7) is 8.98. The minimum absolute atomic E-state index is 0.0734. The van der Waals surface area contributed by atoms with E-state index in [1.54, 1.807) is 43.5 Å². The number of allylic oxidation sites excluding steroid dienone is 1. The Morgan fingerprint density at radius 2 is 1.77 bits per heavy atom. The van der Waals surface area contributed by atoms with Gasteiger partial charge < -0.3 is 39.6 Å². The van der Waals surface area contributed by atoms with Gasteiger partial charge in [0.2, 0.25) is 5.91 Å². The molecule has 6 rings (SSSR count). The van der Waals surface area contributed by atoms with E-state index in [2.05, 4.69) is 41.6 Å². The first-order valence-corrected chi connectivity index (χ1v) is 22.2. The number of aromatic nitrogens is 3. The summed E-state index contributed by atoms with van der Waals surface area (Å²) in [5, 5.41) is 14.1. The Hall–Kier alpha value is -5.36. The van der Waals surface area contributed by atoms with Crippen LogP contribution in [0.5, 0.6) is 0 Å². The fourth-order valence-electron chi connectivity index (χ4n) is 8.72. The third-order valence-corrected chi connectivity index (χ3v) is 12.7. The van der Waals surface area contributed by atoms with Crippen LogP contribution in [0.25, 0.3) is 0 Å². The number of halogens is 3. The maximum Gasteiger partial charge on any atom is 0.418 e. The average Bonchev–Trinajstić information content (AvgIpc) is 3.69. The SMILES string of the molecule is CNC(=O)CCC(C=O)N(C)Cc1cc(N2CCN(CC3CCN(CCNCC4=CN(C)/C(=C\N(C)c5cccc(Cc6nncn6C)c5)C(C(F)(F)F)=C4)CC3)CC2)ccc1C=O.